The lowest BCUT2D eigenvalue weighted by atomic mass is 9.89. The molecule has 0 bridgehead atoms. The van der Waals surface area contributed by atoms with Gasteiger partial charge in [0.2, 0.25) is 0 Å². The molecule has 3 rings (SSSR count). The highest BCUT2D eigenvalue weighted by atomic mass is 79.9. The average Bonchev–Trinajstić information content (AvgIpc) is 2.50. The molecule has 20 heavy (non-hydrogen) atoms. The number of nitrogens with zero attached hydrogens (tertiary/aromatic N) is 4. The topological polar surface area (TPSA) is 32.3 Å². The van der Waals surface area contributed by atoms with Gasteiger partial charge in [0, 0.05) is 32.7 Å². The van der Waals surface area contributed by atoms with Gasteiger partial charge in [-0.15, -0.1) is 0 Å². The van der Waals surface area contributed by atoms with Crippen molar-refractivity contribution in [3.05, 3.63) is 17.0 Å². The molecule has 0 atom stereocenters. The molecular formula is C15H23BrN4. The Balaban J connectivity index is 1.47. The smallest absolute Gasteiger partial charge is 0.147 e. The fourth-order valence-electron chi connectivity index (χ4n) is 3.36. The molecule has 1 aromatic rings. The van der Waals surface area contributed by atoms with E-state index in [4.69, 9.17) is 0 Å². The summed E-state index contributed by atoms with van der Waals surface area (Å²) in [6.45, 7) is 5.77. The zero-order valence-electron chi connectivity index (χ0n) is 12.0. The Morgan fingerprint density at radius 3 is 2.40 bits per heavy atom. The molecule has 0 amide bonds. The number of anilines is 1. The Hall–Kier alpha value is -0.680. The molecular weight excluding hydrogens is 316 g/mol. The van der Waals surface area contributed by atoms with Crippen molar-refractivity contribution in [2.75, 3.05) is 37.6 Å². The summed E-state index contributed by atoms with van der Waals surface area (Å²) in [6.07, 6.45) is 10.9. The van der Waals surface area contributed by atoms with E-state index in [2.05, 4.69) is 35.7 Å². The standard InChI is InChI=1S/C15H23BrN4/c16-14-10-18-15(11-17-14)20-8-6-19(7-9-20)12-13-4-2-1-3-5-13/h10-11,13H,1-9,12H2. The number of hydrogen-bond donors (Lipinski definition) is 0. The quantitative estimate of drug-likeness (QED) is 0.848. The third kappa shape index (κ3) is 3.70. The summed E-state index contributed by atoms with van der Waals surface area (Å²) in [6, 6.07) is 0. The maximum atomic E-state index is 4.44. The lowest BCUT2D eigenvalue weighted by Gasteiger charge is -2.37. The normalized spacial score (nSPS) is 22.1. The molecule has 2 fully saturated rings. The van der Waals surface area contributed by atoms with E-state index in [0.717, 1.165) is 42.5 Å². The summed E-state index contributed by atoms with van der Waals surface area (Å²) in [4.78, 5) is 13.7. The molecule has 1 aromatic heterocycles. The lowest BCUT2D eigenvalue weighted by Crippen LogP contribution is -2.48. The molecule has 1 saturated heterocycles. The first-order valence-corrected chi connectivity index (χ1v) is 8.55. The Morgan fingerprint density at radius 1 is 1.00 bits per heavy atom. The molecule has 1 aliphatic carbocycles. The molecule has 0 unspecified atom stereocenters. The molecule has 4 nitrogen and oxygen atoms in total. The Bertz CT molecular complexity index is 408. The summed E-state index contributed by atoms with van der Waals surface area (Å²) < 4.78 is 0.803. The highest BCUT2D eigenvalue weighted by Gasteiger charge is 2.22. The van der Waals surface area contributed by atoms with Crippen LogP contribution in [0.25, 0.3) is 0 Å². The van der Waals surface area contributed by atoms with E-state index < -0.39 is 0 Å². The van der Waals surface area contributed by atoms with Crippen molar-refractivity contribution < 1.29 is 0 Å². The molecule has 2 heterocycles. The van der Waals surface area contributed by atoms with Gasteiger partial charge in [-0.25, -0.2) is 9.97 Å². The van der Waals surface area contributed by atoms with Crippen LogP contribution in [-0.2, 0) is 0 Å². The van der Waals surface area contributed by atoms with Crippen molar-refractivity contribution in [3.63, 3.8) is 0 Å². The minimum Gasteiger partial charge on any atom is -0.353 e. The zero-order valence-corrected chi connectivity index (χ0v) is 13.6. The molecule has 1 saturated carbocycles. The van der Waals surface area contributed by atoms with Gasteiger partial charge in [-0.3, -0.25) is 4.90 Å². The van der Waals surface area contributed by atoms with Gasteiger partial charge in [0.1, 0.15) is 10.4 Å². The van der Waals surface area contributed by atoms with Crippen LogP contribution < -0.4 is 4.90 Å². The second-order valence-electron chi connectivity index (χ2n) is 5.99. The highest BCUT2D eigenvalue weighted by Crippen LogP contribution is 2.25. The van der Waals surface area contributed by atoms with Gasteiger partial charge < -0.3 is 4.90 Å². The van der Waals surface area contributed by atoms with Gasteiger partial charge in [-0.1, -0.05) is 19.3 Å². The van der Waals surface area contributed by atoms with Crippen LogP contribution in [0, 0.1) is 5.92 Å². The first kappa shape index (κ1) is 14.3. The molecule has 5 heteroatoms. The third-order valence-corrected chi connectivity index (χ3v) is 4.95. The molecule has 0 aromatic carbocycles. The Kier molecular flexibility index (Phi) is 4.89. The monoisotopic (exact) mass is 338 g/mol. The second kappa shape index (κ2) is 6.85. The molecule has 0 radical (unpaired) electrons. The fraction of sp³-hybridized carbons (Fsp3) is 0.733. The summed E-state index contributed by atoms with van der Waals surface area (Å²) >= 11 is 3.33. The van der Waals surface area contributed by atoms with E-state index in [9.17, 15) is 0 Å². The third-order valence-electron chi connectivity index (χ3n) is 4.54. The van der Waals surface area contributed by atoms with Crippen molar-refractivity contribution in [3.8, 4) is 0 Å². The first-order valence-electron chi connectivity index (χ1n) is 7.76. The van der Waals surface area contributed by atoms with Crippen molar-refractivity contribution in [2.45, 2.75) is 32.1 Å². The molecule has 1 aliphatic heterocycles. The van der Waals surface area contributed by atoms with E-state index >= 15 is 0 Å². The summed E-state index contributed by atoms with van der Waals surface area (Å²) in [5.41, 5.74) is 0. The van der Waals surface area contributed by atoms with Crippen LogP contribution in [0.3, 0.4) is 0 Å². The van der Waals surface area contributed by atoms with Gasteiger partial charge in [-0.05, 0) is 34.7 Å². The number of halogens is 1. The first-order chi connectivity index (χ1) is 9.81. The van der Waals surface area contributed by atoms with Crippen LogP contribution in [0.4, 0.5) is 5.82 Å². The Morgan fingerprint density at radius 2 is 1.75 bits per heavy atom. The number of hydrogen-bond acceptors (Lipinski definition) is 4. The second-order valence-corrected chi connectivity index (χ2v) is 6.80. The number of aromatic nitrogens is 2. The number of rotatable bonds is 3. The maximum Gasteiger partial charge on any atom is 0.147 e. The van der Waals surface area contributed by atoms with Crippen LogP contribution in [0.2, 0.25) is 0 Å². The van der Waals surface area contributed by atoms with E-state index in [1.807, 2.05) is 6.20 Å². The van der Waals surface area contributed by atoms with Crippen LogP contribution in [0.15, 0.2) is 17.0 Å². The molecule has 0 N–H and O–H groups in total. The minimum absolute atomic E-state index is 0.803. The summed E-state index contributed by atoms with van der Waals surface area (Å²) in [5.74, 6) is 1.95. The fourth-order valence-corrected chi connectivity index (χ4v) is 3.57. The van der Waals surface area contributed by atoms with Gasteiger partial charge in [0.15, 0.2) is 0 Å². The molecule has 110 valence electrons. The minimum atomic E-state index is 0.803. The zero-order chi connectivity index (χ0) is 13.8. The van der Waals surface area contributed by atoms with Gasteiger partial charge in [0.25, 0.3) is 0 Å². The van der Waals surface area contributed by atoms with Crippen LogP contribution >= 0.6 is 15.9 Å². The Labute approximate surface area is 129 Å². The highest BCUT2D eigenvalue weighted by molar-refractivity contribution is 9.10. The van der Waals surface area contributed by atoms with Gasteiger partial charge >= 0.3 is 0 Å². The van der Waals surface area contributed by atoms with Gasteiger partial charge in [0.05, 0.1) is 12.4 Å². The predicted molar refractivity (Wildman–Crippen MR) is 85.0 cm³/mol. The largest absolute Gasteiger partial charge is 0.353 e. The maximum absolute atomic E-state index is 4.44. The predicted octanol–water partition coefficient (Wildman–Crippen LogP) is 2.94. The SMILES string of the molecule is Brc1cnc(N2CCN(CC3CCCCC3)CC2)cn1. The van der Waals surface area contributed by atoms with E-state index in [1.165, 1.54) is 38.6 Å². The van der Waals surface area contributed by atoms with Crippen LogP contribution in [-0.4, -0.2) is 47.6 Å². The summed E-state index contributed by atoms with van der Waals surface area (Å²) in [5, 5.41) is 0. The molecule has 0 spiro atoms. The van der Waals surface area contributed by atoms with E-state index in [1.54, 1.807) is 6.20 Å². The number of piperazine rings is 1. The van der Waals surface area contributed by atoms with Crippen molar-refractivity contribution in [2.24, 2.45) is 5.92 Å². The van der Waals surface area contributed by atoms with E-state index in [0.29, 0.717) is 0 Å². The lowest BCUT2D eigenvalue weighted by molar-refractivity contribution is 0.191. The van der Waals surface area contributed by atoms with Crippen LogP contribution in [0.1, 0.15) is 32.1 Å². The van der Waals surface area contributed by atoms with Crippen molar-refractivity contribution in [1.82, 2.24) is 14.9 Å². The average molecular weight is 339 g/mol. The molecule has 2 aliphatic rings. The van der Waals surface area contributed by atoms with Crippen molar-refractivity contribution in [1.29, 1.82) is 0 Å². The summed E-state index contributed by atoms with van der Waals surface area (Å²) in [7, 11) is 0. The van der Waals surface area contributed by atoms with Crippen LogP contribution in [0.5, 0.6) is 0 Å². The van der Waals surface area contributed by atoms with E-state index in [-0.39, 0.29) is 0 Å². The van der Waals surface area contributed by atoms with Crippen molar-refractivity contribution >= 4 is 21.7 Å². The van der Waals surface area contributed by atoms with Gasteiger partial charge in [-0.2, -0.15) is 0 Å².